The number of aryl methyl sites for hydroxylation is 1. The minimum Gasteiger partial charge on any atom is -0.466 e. The monoisotopic (exact) mass is 428 g/mol. The summed E-state index contributed by atoms with van der Waals surface area (Å²) in [5.41, 5.74) is 2.00. The van der Waals surface area contributed by atoms with Crippen LogP contribution < -0.4 is 0 Å². The SMILES string of the molecule is CCOC(=O)[C@H]1CCCN(C(=O)c2cc3sc(C)cc3n2Cc2ccccc2F)C1. The third-order valence-electron chi connectivity index (χ3n) is 5.55. The molecule has 0 bridgehead atoms. The summed E-state index contributed by atoms with van der Waals surface area (Å²) >= 11 is 1.62. The van der Waals surface area contributed by atoms with Gasteiger partial charge in [0.15, 0.2) is 0 Å². The minimum atomic E-state index is -0.291. The van der Waals surface area contributed by atoms with Crippen LogP contribution >= 0.6 is 11.3 Å². The Morgan fingerprint density at radius 2 is 2.07 bits per heavy atom. The number of carbonyl (C=O) groups is 2. The van der Waals surface area contributed by atoms with Gasteiger partial charge in [-0.2, -0.15) is 0 Å². The van der Waals surface area contributed by atoms with Crippen LogP contribution in [-0.4, -0.2) is 41.0 Å². The van der Waals surface area contributed by atoms with Crippen LogP contribution in [0.2, 0.25) is 0 Å². The fraction of sp³-hybridized carbons (Fsp3) is 0.391. The smallest absolute Gasteiger partial charge is 0.310 e. The summed E-state index contributed by atoms with van der Waals surface area (Å²) in [7, 11) is 0. The average molecular weight is 429 g/mol. The van der Waals surface area contributed by atoms with Crippen molar-refractivity contribution in [3.63, 3.8) is 0 Å². The van der Waals surface area contributed by atoms with Gasteiger partial charge in [0.25, 0.3) is 5.91 Å². The molecule has 0 saturated carbocycles. The van der Waals surface area contributed by atoms with Gasteiger partial charge in [-0.05, 0) is 44.9 Å². The van der Waals surface area contributed by atoms with E-state index in [0.717, 1.165) is 27.9 Å². The van der Waals surface area contributed by atoms with Crippen molar-refractivity contribution in [1.29, 1.82) is 0 Å². The first-order valence-corrected chi connectivity index (χ1v) is 11.1. The van der Waals surface area contributed by atoms with Crippen molar-refractivity contribution < 1.29 is 18.7 Å². The van der Waals surface area contributed by atoms with Crippen LogP contribution in [0.25, 0.3) is 10.2 Å². The van der Waals surface area contributed by atoms with Gasteiger partial charge >= 0.3 is 5.97 Å². The molecule has 0 N–H and O–H groups in total. The maximum absolute atomic E-state index is 14.3. The first kappa shape index (κ1) is 20.6. The molecule has 0 spiro atoms. The second-order valence-corrected chi connectivity index (χ2v) is 8.94. The molecule has 5 nitrogen and oxygen atoms in total. The van der Waals surface area contributed by atoms with Crippen molar-refractivity contribution in [1.82, 2.24) is 9.47 Å². The molecule has 158 valence electrons. The van der Waals surface area contributed by atoms with Crippen molar-refractivity contribution >= 4 is 33.4 Å². The van der Waals surface area contributed by atoms with Crippen LogP contribution in [0.5, 0.6) is 0 Å². The van der Waals surface area contributed by atoms with Gasteiger partial charge in [-0.1, -0.05) is 18.2 Å². The van der Waals surface area contributed by atoms with Gasteiger partial charge in [0.2, 0.25) is 0 Å². The van der Waals surface area contributed by atoms with Crippen molar-refractivity contribution in [3.05, 3.63) is 58.3 Å². The van der Waals surface area contributed by atoms with Gasteiger partial charge < -0.3 is 14.2 Å². The number of halogens is 1. The fourth-order valence-electron chi connectivity index (χ4n) is 4.09. The molecule has 7 heteroatoms. The number of thiophene rings is 1. The Hall–Kier alpha value is -2.67. The van der Waals surface area contributed by atoms with Crippen molar-refractivity contribution in [2.75, 3.05) is 19.7 Å². The number of fused-ring (bicyclic) bond motifs is 1. The summed E-state index contributed by atoms with van der Waals surface area (Å²) in [6, 6.07) is 10.6. The first-order valence-electron chi connectivity index (χ1n) is 10.3. The highest BCUT2D eigenvalue weighted by Crippen LogP contribution is 2.31. The molecule has 1 aliphatic heterocycles. The van der Waals surface area contributed by atoms with E-state index in [0.29, 0.717) is 31.0 Å². The van der Waals surface area contributed by atoms with Crippen LogP contribution in [0.1, 0.15) is 40.7 Å². The second-order valence-electron chi connectivity index (χ2n) is 7.66. The zero-order chi connectivity index (χ0) is 21.3. The number of hydrogen-bond acceptors (Lipinski definition) is 4. The highest BCUT2D eigenvalue weighted by Gasteiger charge is 2.31. The zero-order valence-electron chi connectivity index (χ0n) is 17.2. The maximum Gasteiger partial charge on any atom is 0.310 e. The van der Waals surface area contributed by atoms with Crippen molar-refractivity contribution in [2.24, 2.45) is 5.92 Å². The molecule has 1 atom stereocenters. The van der Waals surface area contributed by atoms with Gasteiger partial charge in [-0.3, -0.25) is 9.59 Å². The lowest BCUT2D eigenvalue weighted by Gasteiger charge is -2.31. The molecule has 1 fully saturated rings. The standard InChI is InChI=1S/C23H25FN2O3S/c1-3-29-23(28)17-8-6-10-25(13-17)22(27)20-12-21-19(11-15(2)30-21)26(20)14-16-7-4-5-9-18(16)24/h4-5,7,9,11-12,17H,3,6,8,10,13-14H2,1-2H3/t17-/m0/s1. The summed E-state index contributed by atoms with van der Waals surface area (Å²) < 4.78 is 22.4. The number of hydrogen-bond donors (Lipinski definition) is 0. The molecule has 4 rings (SSSR count). The van der Waals surface area contributed by atoms with E-state index in [-0.39, 0.29) is 30.2 Å². The summed E-state index contributed by atoms with van der Waals surface area (Å²) in [6.07, 6.45) is 1.49. The topological polar surface area (TPSA) is 51.5 Å². The van der Waals surface area contributed by atoms with Crippen LogP contribution in [0.15, 0.2) is 36.4 Å². The summed E-state index contributed by atoms with van der Waals surface area (Å²) in [5, 5.41) is 0. The predicted molar refractivity (Wildman–Crippen MR) is 115 cm³/mol. The summed E-state index contributed by atoms with van der Waals surface area (Å²) in [4.78, 5) is 28.5. The summed E-state index contributed by atoms with van der Waals surface area (Å²) in [6.45, 7) is 5.39. The largest absolute Gasteiger partial charge is 0.466 e. The summed E-state index contributed by atoms with van der Waals surface area (Å²) in [5.74, 6) is -0.944. The Balaban J connectivity index is 1.66. The molecule has 1 amide bonds. The molecule has 3 aromatic rings. The van der Waals surface area contributed by atoms with E-state index in [1.807, 2.05) is 23.6 Å². The quantitative estimate of drug-likeness (QED) is 0.558. The van der Waals surface area contributed by atoms with Crippen LogP contribution in [0.4, 0.5) is 4.39 Å². The third kappa shape index (κ3) is 3.99. The highest BCUT2D eigenvalue weighted by atomic mass is 32.1. The molecule has 1 saturated heterocycles. The number of aromatic nitrogens is 1. The van der Waals surface area contributed by atoms with E-state index >= 15 is 0 Å². The second kappa shape index (κ2) is 8.60. The average Bonchev–Trinajstić information content (AvgIpc) is 3.26. The molecule has 2 aromatic heterocycles. The lowest BCUT2D eigenvalue weighted by molar-refractivity contribution is -0.149. The number of benzene rings is 1. The fourth-order valence-corrected chi connectivity index (χ4v) is 5.05. The molecule has 0 unspecified atom stereocenters. The maximum atomic E-state index is 14.3. The Morgan fingerprint density at radius 3 is 2.83 bits per heavy atom. The molecule has 0 aliphatic carbocycles. The Morgan fingerprint density at radius 1 is 1.27 bits per heavy atom. The van der Waals surface area contributed by atoms with Gasteiger partial charge in [-0.25, -0.2) is 4.39 Å². The molecule has 1 aromatic carbocycles. The molecule has 30 heavy (non-hydrogen) atoms. The number of likely N-dealkylation sites (tertiary alicyclic amines) is 1. The molecular weight excluding hydrogens is 403 g/mol. The molecular formula is C23H25FN2O3S. The third-order valence-corrected chi connectivity index (χ3v) is 6.53. The number of nitrogens with zero attached hydrogens (tertiary/aromatic N) is 2. The minimum absolute atomic E-state index is 0.124. The van der Waals surface area contributed by atoms with E-state index in [2.05, 4.69) is 0 Å². The van der Waals surface area contributed by atoms with E-state index in [1.54, 1.807) is 41.4 Å². The molecule has 1 aliphatic rings. The lowest BCUT2D eigenvalue weighted by Crippen LogP contribution is -2.43. The van der Waals surface area contributed by atoms with Crippen molar-refractivity contribution in [2.45, 2.75) is 33.2 Å². The predicted octanol–water partition coefficient (Wildman–Crippen LogP) is 4.61. The van der Waals surface area contributed by atoms with Gasteiger partial charge in [0.1, 0.15) is 11.5 Å². The molecule has 0 radical (unpaired) electrons. The Kier molecular flexibility index (Phi) is 5.90. The van der Waals surface area contributed by atoms with E-state index < -0.39 is 0 Å². The number of piperidine rings is 1. The Bertz CT molecular complexity index is 1090. The normalized spacial score (nSPS) is 16.8. The van der Waals surface area contributed by atoms with E-state index in [1.165, 1.54) is 6.07 Å². The number of esters is 1. The van der Waals surface area contributed by atoms with Gasteiger partial charge in [-0.15, -0.1) is 11.3 Å². The van der Waals surface area contributed by atoms with Crippen LogP contribution in [0, 0.1) is 18.7 Å². The zero-order valence-corrected chi connectivity index (χ0v) is 18.0. The van der Waals surface area contributed by atoms with Gasteiger partial charge in [0.05, 0.1) is 29.3 Å². The van der Waals surface area contributed by atoms with Crippen LogP contribution in [-0.2, 0) is 16.1 Å². The number of carbonyl (C=O) groups excluding carboxylic acids is 2. The van der Waals surface area contributed by atoms with Crippen LogP contribution in [0.3, 0.4) is 0 Å². The molecule has 3 heterocycles. The van der Waals surface area contributed by atoms with Gasteiger partial charge in [0, 0.05) is 23.5 Å². The van der Waals surface area contributed by atoms with E-state index in [4.69, 9.17) is 4.74 Å². The van der Waals surface area contributed by atoms with E-state index in [9.17, 15) is 14.0 Å². The number of amides is 1. The number of ether oxygens (including phenoxy) is 1. The lowest BCUT2D eigenvalue weighted by atomic mass is 9.98. The van der Waals surface area contributed by atoms with Crippen molar-refractivity contribution in [3.8, 4) is 0 Å². The highest BCUT2D eigenvalue weighted by molar-refractivity contribution is 7.19. The Labute approximate surface area is 179 Å². The number of rotatable bonds is 5. The first-order chi connectivity index (χ1) is 14.5.